The van der Waals surface area contributed by atoms with Gasteiger partial charge in [-0.25, -0.2) is 0 Å². The van der Waals surface area contributed by atoms with Crippen molar-refractivity contribution in [1.82, 2.24) is 0 Å². The van der Waals surface area contributed by atoms with Gasteiger partial charge in [0.25, 0.3) is 0 Å². The van der Waals surface area contributed by atoms with Crippen LogP contribution in [0.5, 0.6) is 0 Å². The Labute approximate surface area is 78.5 Å². The normalized spacial score (nSPS) is 14.5. The minimum absolute atomic E-state index is 0.0206. The van der Waals surface area contributed by atoms with Crippen molar-refractivity contribution in [2.45, 2.75) is 25.9 Å². The number of nitrogens with zero attached hydrogens (tertiary/aromatic N) is 1. The summed E-state index contributed by atoms with van der Waals surface area (Å²) in [5, 5.41) is 11.1. The number of oxime groups is 1. The van der Waals surface area contributed by atoms with Crippen LogP contribution in [0.4, 0.5) is 0 Å². The molecule has 78 valence electrons. The third kappa shape index (κ3) is 7.55. The second kappa shape index (κ2) is 7.82. The van der Waals surface area contributed by atoms with Gasteiger partial charge in [-0.05, 0) is 13.3 Å². The highest BCUT2D eigenvalue weighted by atomic mass is 16.5. The predicted octanol–water partition coefficient (Wildman–Crippen LogP) is 0.565. The second-order valence-electron chi connectivity index (χ2n) is 2.82. The maximum absolute atomic E-state index is 8.28. The smallest absolute Gasteiger partial charge is 0.141 e. The topological polar surface area (TPSA) is 77.1 Å². The minimum Gasteiger partial charge on any atom is -0.409 e. The molecule has 0 aromatic carbocycles. The second-order valence-corrected chi connectivity index (χ2v) is 2.82. The summed E-state index contributed by atoms with van der Waals surface area (Å²) < 4.78 is 10.2. The van der Waals surface area contributed by atoms with E-state index in [4.69, 9.17) is 20.4 Å². The number of hydrogen-bond donors (Lipinski definition) is 2. The van der Waals surface area contributed by atoms with Crippen molar-refractivity contribution in [1.29, 1.82) is 0 Å². The van der Waals surface area contributed by atoms with Crippen LogP contribution in [0.25, 0.3) is 0 Å². The Bertz CT molecular complexity index is 150. The number of methoxy groups -OCH3 is 1. The van der Waals surface area contributed by atoms with Crippen molar-refractivity contribution in [3.05, 3.63) is 0 Å². The summed E-state index contributed by atoms with van der Waals surface area (Å²) in [6, 6.07) is 0. The molecular formula is C8H18N2O3. The fraction of sp³-hybridized carbons (Fsp3) is 0.875. The van der Waals surface area contributed by atoms with Crippen LogP contribution in [-0.4, -0.2) is 37.5 Å². The Kier molecular flexibility index (Phi) is 7.33. The molecule has 0 rings (SSSR count). The molecular weight excluding hydrogens is 172 g/mol. The van der Waals surface area contributed by atoms with E-state index in [-0.39, 0.29) is 11.9 Å². The van der Waals surface area contributed by atoms with E-state index in [1.165, 1.54) is 0 Å². The zero-order valence-electron chi connectivity index (χ0n) is 8.19. The number of ether oxygens (including phenoxy) is 2. The Morgan fingerprint density at radius 1 is 1.54 bits per heavy atom. The number of amidine groups is 1. The molecule has 3 N–H and O–H groups in total. The lowest BCUT2D eigenvalue weighted by Crippen LogP contribution is -2.21. The van der Waals surface area contributed by atoms with E-state index in [2.05, 4.69) is 5.16 Å². The molecule has 0 aromatic rings. The van der Waals surface area contributed by atoms with Gasteiger partial charge in [-0.3, -0.25) is 0 Å². The van der Waals surface area contributed by atoms with Crippen LogP contribution >= 0.6 is 0 Å². The molecule has 5 heteroatoms. The van der Waals surface area contributed by atoms with Gasteiger partial charge in [-0.15, -0.1) is 0 Å². The molecule has 0 saturated carbocycles. The minimum atomic E-state index is -0.0206. The molecule has 0 aliphatic heterocycles. The molecule has 0 spiro atoms. The molecule has 13 heavy (non-hydrogen) atoms. The first kappa shape index (κ1) is 12.2. The average molecular weight is 190 g/mol. The monoisotopic (exact) mass is 190 g/mol. The van der Waals surface area contributed by atoms with Crippen molar-refractivity contribution in [2.24, 2.45) is 10.9 Å². The molecule has 0 saturated heterocycles. The first-order valence-electron chi connectivity index (χ1n) is 4.27. The van der Waals surface area contributed by atoms with Crippen LogP contribution in [0.15, 0.2) is 5.16 Å². The van der Waals surface area contributed by atoms with Gasteiger partial charge in [-0.2, -0.15) is 0 Å². The van der Waals surface area contributed by atoms with E-state index in [1.807, 2.05) is 6.92 Å². The van der Waals surface area contributed by atoms with Gasteiger partial charge >= 0.3 is 0 Å². The average Bonchev–Trinajstić information content (AvgIpc) is 2.12. The highest BCUT2D eigenvalue weighted by molar-refractivity contribution is 5.79. The van der Waals surface area contributed by atoms with Crippen LogP contribution < -0.4 is 5.73 Å². The van der Waals surface area contributed by atoms with E-state index in [9.17, 15) is 0 Å². The lowest BCUT2D eigenvalue weighted by molar-refractivity contribution is 0.0540. The van der Waals surface area contributed by atoms with E-state index in [0.717, 1.165) is 6.42 Å². The molecule has 0 amide bonds. The Morgan fingerprint density at radius 2 is 2.23 bits per heavy atom. The molecule has 1 unspecified atom stereocenters. The quantitative estimate of drug-likeness (QED) is 0.202. The third-order valence-corrected chi connectivity index (χ3v) is 1.52. The summed E-state index contributed by atoms with van der Waals surface area (Å²) in [6.45, 7) is 3.20. The molecule has 0 bridgehead atoms. The van der Waals surface area contributed by atoms with Gasteiger partial charge in [0.2, 0.25) is 0 Å². The summed E-state index contributed by atoms with van der Waals surface area (Å²) >= 11 is 0. The summed E-state index contributed by atoms with van der Waals surface area (Å²) in [5.74, 6) is 0.194. The van der Waals surface area contributed by atoms with Gasteiger partial charge in [0.15, 0.2) is 0 Å². The highest BCUT2D eigenvalue weighted by Crippen LogP contribution is 1.98. The van der Waals surface area contributed by atoms with Gasteiger partial charge in [-0.1, -0.05) is 5.16 Å². The van der Waals surface area contributed by atoms with Crippen molar-refractivity contribution in [3.8, 4) is 0 Å². The SMILES string of the molecule is COCCCOC(C)C/C(N)=N/O. The zero-order valence-corrected chi connectivity index (χ0v) is 8.19. The Hall–Kier alpha value is -0.810. The first-order chi connectivity index (χ1) is 6.20. The summed E-state index contributed by atoms with van der Waals surface area (Å²) in [5.41, 5.74) is 5.30. The maximum Gasteiger partial charge on any atom is 0.141 e. The molecule has 0 heterocycles. The number of nitrogens with two attached hydrogens (primary N) is 1. The molecule has 0 aliphatic rings. The number of hydrogen-bond acceptors (Lipinski definition) is 4. The van der Waals surface area contributed by atoms with E-state index >= 15 is 0 Å². The van der Waals surface area contributed by atoms with Gasteiger partial charge in [0.05, 0.1) is 6.10 Å². The molecule has 5 nitrogen and oxygen atoms in total. The van der Waals surface area contributed by atoms with Crippen LogP contribution in [-0.2, 0) is 9.47 Å². The van der Waals surface area contributed by atoms with Crippen LogP contribution in [0.1, 0.15) is 19.8 Å². The van der Waals surface area contributed by atoms with Crippen molar-refractivity contribution in [2.75, 3.05) is 20.3 Å². The molecule has 0 aromatic heterocycles. The summed E-state index contributed by atoms with van der Waals surface area (Å²) in [4.78, 5) is 0. The fourth-order valence-corrected chi connectivity index (χ4v) is 0.882. The molecule has 0 radical (unpaired) electrons. The third-order valence-electron chi connectivity index (χ3n) is 1.52. The van der Waals surface area contributed by atoms with Gasteiger partial charge in [0.1, 0.15) is 5.84 Å². The van der Waals surface area contributed by atoms with E-state index in [0.29, 0.717) is 19.6 Å². The largest absolute Gasteiger partial charge is 0.409 e. The lowest BCUT2D eigenvalue weighted by Gasteiger charge is -2.11. The molecule has 1 atom stereocenters. The van der Waals surface area contributed by atoms with Crippen molar-refractivity contribution in [3.63, 3.8) is 0 Å². The summed E-state index contributed by atoms with van der Waals surface area (Å²) in [7, 11) is 1.65. The Morgan fingerprint density at radius 3 is 2.77 bits per heavy atom. The van der Waals surface area contributed by atoms with E-state index in [1.54, 1.807) is 7.11 Å². The first-order valence-corrected chi connectivity index (χ1v) is 4.27. The summed E-state index contributed by atoms with van der Waals surface area (Å²) in [6.07, 6.45) is 1.29. The standard InChI is InChI=1S/C8H18N2O3/c1-7(6-8(9)10-11)13-5-3-4-12-2/h7,11H,3-6H2,1-2H3,(H2,9,10). The maximum atomic E-state index is 8.28. The van der Waals surface area contributed by atoms with Gasteiger partial charge < -0.3 is 20.4 Å². The fourth-order valence-electron chi connectivity index (χ4n) is 0.882. The highest BCUT2D eigenvalue weighted by Gasteiger charge is 2.04. The zero-order chi connectivity index (χ0) is 10.1. The predicted molar refractivity (Wildman–Crippen MR) is 49.9 cm³/mol. The van der Waals surface area contributed by atoms with Crippen LogP contribution in [0.3, 0.4) is 0 Å². The molecule has 0 fully saturated rings. The van der Waals surface area contributed by atoms with Crippen molar-refractivity contribution < 1.29 is 14.7 Å². The van der Waals surface area contributed by atoms with Crippen LogP contribution in [0.2, 0.25) is 0 Å². The molecule has 0 aliphatic carbocycles. The number of rotatable bonds is 7. The van der Waals surface area contributed by atoms with Gasteiger partial charge in [0, 0.05) is 26.7 Å². The Balaban J connectivity index is 3.35. The van der Waals surface area contributed by atoms with E-state index < -0.39 is 0 Å². The lowest BCUT2D eigenvalue weighted by atomic mass is 10.3. The van der Waals surface area contributed by atoms with Crippen molar-refractivity contribution >= 4 is 5.84 Å². The van der Waals surface area contributed by atoms with Crippen LogP contribution in [0, 0.1) is 0 Å².